The number of rotatable bonds is 3. The highest BCUT2D eigenvalue weighted by atomic mass is 19.1. The lowest BCUT2D eigenvalue weighted by atomic mass is 10.0. The Labute approximate surface area is 111 Å². The summed E-state index contributed by atoms with van der Waals surface area (Å²) in [5.74, 6) is 0.182. The molecule has 3 heteroatoms. The predicted octanol–water partition coefficient (Wildman–Crippen LogP) is 5.19. The van der Waals surface area contributed by atoms with Crippen molar-refractivity contribution in [1.29, 1.82) is 0 Å². The molecule has 2 aromatic carbocycles. The second-order valence-corrected chi connectivity index (χ2v) is 4.90. The molecule has 0 aromatic heterocycles. The van der Waals surface area contributed by atoms with Gasteiger partial charge in [-0.15, -0.1) is 0 Å². The number of benzene rings is 2. The van der Waals surface area contributed by atoms with Crippen molar-refractivity contribution in [3.63, 3.8) is 0 Å². The van der Waals surface area contributed by atoms with Crippen LogP contribution in [-0.4, -0.2) is 0 Å². The van der Waals surface area contributed by atoms with Crippen LogP contribution < -0.4 is 4.74 Å². The minimum Gasteiger partial charge on any atom is -0.457 e. The number of hydrogen-bond acceptors (Lipinski definition) is 1. The van der Waals surface area contributed by atoms with Crippen molar-refractivity contribution < 1.29 is 13.5 Å². The molecule has 0 heterocycles. The summed E-state index contributed by atoms with van der Waals surface area (Å²) in [5, 5.41) is 0. The first kappa shape index (κ1) is 13.5. The van der Waals surface area contributed by atoms with Gasteiger partial charge in [0.05, 0.1) is 0 Å². The molecule has 0 atom stereocenters. The number of halogens is 2. The van der Waals surface area contributed by atoms with Crippen molar-refractivity contribution in [2.75, 3.05) is 0 Å². The van der Waals surface area contributed by atoms with Crippen molar-refractivity contribution in [3.8, 4) is 11.5 Å². The second-order valence-electron chi connectivity index (χ2n) is 4.90. The maximum atomic E-state index is 13.8. The van der Waals surface area contributed by atoms with Crippen LogP contribution in [0.25, 0.3) is 0 Å². The summed E-state index contributed by atoms with van der Waals surface area (Å²) < 4.78 is 32.5. The summed E-state index contributed by atoms with van der Waals surface area (Å²) in [4.78, 5) is 0. The first-order valence-corrected chi connectivity index (χ1v) is 6.20. The van der Waals surface area contributed by atoms with Gasteiger partial charge in [-0.25, -0.2) is 8.78 Å². The first-order chi connectivity index (χ1) is 8.95. The van der Waals surface area contributed by atoms with Crippen LogP contribution in [0.15, 0.2) is 36.4 Å². The van der Waals surface area contributed by atoms with Crippen molar-refractivity contribution in [2.24, 2.45) is 0 Å². The van der Waals surface area contributed by atoms with Crippen molar-refractivity contribution >= 4 is 0 Å². The Bertz CT molecular complexity index is 571. The lowest BCUT2D eigenvalue weighted by molar-refractivity contribution is 0.469. The average molecular weight is 262 g/mol. The third kappa shape index (κ3) is 3.31. The van der Waals surface area contributed by atoms with Crippen LogP contribution in [0.1, 0.15) is 30.9 Å². The molecule has 0 spiro atoms. The van der Waals surface area contributed by atoms with E-state index in [0.717, 1.165) is 5.56 Å². The summed E-state index contributed by atoms with van der Waals surface area (Å²) in [6.45, 7) is 5.63. The molecule has 1 nitrogen and oxygen atoms in total. The average Bonchev–Trinajstić information content (AvgIpc) is 2.26. The molecule has 2 aromatic rings. The van der Waals surface area contributed by atoms with Gasteiger partial charge < -0.3 is 4.74 Å². The van der Waals surface area contributed by atoms with E-state index in [1.54, 1.807) is 25.1 Å². The first-order valence-electron chi connectivity index (χ1n) is 6.20. The Kier molecular flexibility index (Phi) is 3.84. The van der Waals surface area contributed by atoms with Crippen LogP contribution in [0.3, 0.4) is 0 Å². The maximum Gasteiger partial charge on any atom is 0.130 e. The Balaban J connectivity index is 2.26. The normalized spacial score (nSPS) is 10.8. The van der Waals surface area contributed by atoms with Crippen LogP contribution in [0, 0.1) is 18.6 Å². The van der Waals surface area contributed by atoms with Gasteiger partial charge in [0.1, 0.15) is 23.1 Å². The minimum atomic E-state index is -0.366. The standard InChI is InChI=1S/C16H16F2O/c1-10(2)15-5-4-13(9-16(15)18)19-14-7-11(3)6-12(17)8-14/h4-10H,1-3H3. The summed E-state index contributed by atoms with van der Waals surface area (Å²) in [6, 6.07) is 9.11. The van der Waals surface area contributed by atoms with Crippen molar-refractivity contribution in [1.82, 2.24) is 0 Å². The number of aryl methyl sites for hydroxylation is 1. The van der Waals surface area contributed by atoms with Gasteiger partial charge in [0.2, 0.25) is 0 Å². The van der Waals surface area contributed by atoms with Gasteiger partial charge in [-0.1, -0.05) is 19.9 Å². The minimum absolute atomic E-state index is 0.116. The Morgan fingerprint density at radius 2 is 1.68 bits per heavy atom. The van der Waals surface area contributed by atoms with E-state index in [9.17, 15) is 8.78 Å². The lowest BCUT2D eigenvalue weighted by Crippen LogP contribution is -1.94. The molecular formula is C16H16F2O. The molecule has 19 heavy (non-hydrogen) atoms. The van der Waals surface area contributed by atoms with Crippen LogP contribution in [-0.2, 0) is 0 Å². The lowest BCUT2D eigenvalue weighted by Gasteiger charge is -2.10. The predicted molar refractivity (Wildman–Crippen MR) is 71.7 cm³/mol. The van der Waals surface area contributed by atoms with E-state index in [4.69, 9.17) is 4.74 Å². The van der Waals surface area contributed by atoms with Crippen LogP contribution in [0.5, 0.6) is 11.5 Å². The van der Waals surface area contributed by atoms with Gasteiger partial charge in [-0.3, -0.25) is 0 Å². The number of hydrogen-bond donors (Lipinski definition) is 0. The molecular weight excluding hydrogens is 246 g/mol. The maximum absolute atomic E-state index is 13.8. The van der Waals surface area contributed by atoms with Crippen LogP contribution in [0.4, 0.5) is 8.78 Å². The Morgan fingerprint density at radius 1 is 0.947 bits per heavy atom. The topological polar surface area (TPSA) is 9.23 Å². The zero-order valence-corrected chi connectivity index (χ0v) is 11.2. The second kappa shape index (κ2) is 5.39. The van der Waals surface area contributed by atoms with Crippen LogP contribution in [0.2, 0.25) is 0 Å². The molecule has 2 rings (SSSR count). The SMILES string of the molecule is Cc1cc(F)cc(Oc2ccc(C(C)C)c(F)c2)c1. The third-order valence-corrected chi connectivity index (χ3v) is 2.85. The largest absolute Gasteiger partial charge is 0.457 e. The molecule has 0 fully saturated rings. The molecule has 0 saturated heterocycles. The molecule has 0 amide bonds. The zero-order chi connectivity index (χ0) is 14.0. The van der Waals surface area contributed by atoms with Crippen molar-refractivity contribution in [2.45, 2.75) is 26.7 Å². The summed E-state index contributed by atoms with van der Waals surface area (Å²) in [7, 11) is 0. The highest BCUT2D eigenvalue weighted by Gasteiger charge is 2.08. The Hall–Kier alpha value is -1.90. The molecule has 0 bridgehead atoms. The monoisotopic (exact) mass is 262 g/mol. The van der Waals surface area contributed by atoms with Gasteiger partial charge in [0.25, 0.3) is 0 Å². The molecule has 0 radical (unpaired) electrons. The fourth-order valence-electron chi connectivity index (χ4n) is 1.94. The Morgan fingerprint density at radius 3 is 2.26 bits per heavy atom. The van der Waals surface area contributed by atoms with E-state index < -0.39 is 0 Å². The smallest absolute Gasteiger partial charge is 0.130 e. The molecule has 0 aliphatic heterocycles. The van der Waals surface area contributed by atoms with E-state index >= 15 is 0 Å². The molecule has 0 unspecified atom stereocenters. The van der Waals surface area contributed by atoms with Gasteiger partial charge >= 0.3 is 0 Å². The van der Waals surface area contributed by atoms with E-state index in [0.29, 0.717) is 17.1 Å². The molecule has 0 aliphatic rings. The zero-order valence-electron chi connectivity index (χ0n) is 11.2. The van der Waals surface area contributed by atoms with Gasteiger partial charge in [0, 0.05) is 12.1 Å². The fraction of sp³-hybridized carbons (Fsp3) is 0.250. The van der Waals surface area contributed by atoms with E-state index in [-0.39, 0.29) is 17.6 Å². The van der Waals surface area contributed by atoms with E-state index in [1.807, 2.05) is 13.8 Å². The van der Waals surface area contributed by atoms with Gasteiger partial charge in [-0.05, 0) is 42.2 Å². The summed E-state index contributed by atoms with van der Waals surface area (Å²) in [6.07, 6.45) is 0. The van der Waals surface area contributed by atoms with Crippen LogP contribution >= 0.6 is 0 Å². The number of ether oxygens (including phenoxy) is 1. The molecule has 0 N–H and O–H groups in total. The summed E-state index contributed by atoms with van der Waals surface area (Å²) >= 11 is 0. The van der Waals surface area contributed by atoms with E-state index in [2.05, 4.69) is 0 Å². The van der Waals surface area contributed by atoms with Gasteiger partial charge in [-0.2, -0.15) is 0 Å². The van der Waals surface area contributed by atoms with E-state index in [1.165, 1.54) is 18.2 Å². The van der Waals surface area contributed by atoms with Crippen molar-refractivity contribution in [3.05, 3.63) is 59.2 Å². The third-order valence-electron chi connectivity index (χ3n) is 2.85. The summed E-state index contributed by atoms with van der Waals surface area (Å²) in [5.41, 5.74) is 1.40. The highest BCUT2D eigenvalue weighted by Crippen LogP contribution is 2.27. The quantitative estimate of drug-likeness (QED) is 0.739. The fourth-order valence-corrected chi connectivity index (χ4v) is 1.94. The molecule has 100 valence electrons. The molecule has 0 aliphatic carbocycles. The highest BCUT2D eigenvalue weighted by molar-refractivity contribution is 5.36. The van der Waals surface area contributed by atoms with Gasteiger partial charge in [0.15, 0.2) is 0 Å². The molecule has 0 saturated carbocycles.